The zero-order chi connectivity index (χ0) is 39.6. The molecule has 3 aromatic heterocycles. The summed E-state index contributed by atoms with van der Waals surface area (Å²) in [5.41, 5.74) is 14.3. The van der Waals surface area contributed by atoms with E-state index in [1.54, 1.807) is 0 Å². The second kappa shape index (κ2) is 13.8. The van der Waals surface area contributed by atoms with Crippen LogP contribution in [0.25, 0.3) is 111 Å². The van der Waals surface area contributed by atoms with Gasteiger partial charge in [-0.15, -0.1) is 0 Å². The molecular formula is C56H36N4. The fraction of sp³-hybridized carbons (Fsp3) is 0. The molecule has 4 heteroatoms. The molecule has 60 heavy (non-hydrogen) atoms. The van der Waals surface area contributed by atoms with Crippen LogP contribution in [0.1, 0.15) is 0 Å². The summed E-state index contributed by atoms with van der Waals surface area (Å²) in [5, 5.41) is 7.31. The molecular weight excluding hydrogens is 729 g/mol. The molecule has 0 N–H and O–H groups in total. The van der Waals surface area contributed by atoms with Gasteiger partial charge in [-0.3, -0.25) is 0 Å². The van der Waals surface area contributed by atoms with Gasteiger partial charge in [-0.2, -0.15) is 0 Å². The van der Waals surface area contributed by atoms with Crippen LogP contribution in [-0.4, -0.2) is 19.1 Å². The topological polar surface area (TPSA) is 35.6 Å². The first-order valence-electron chi connectivity index (χ1n) is 20.4. The fourth-order valence-electron chi connectivity index (χ4n) is 9.13. The highest BCUT2D eigenvalue weighted by molar-refractivity contribution is 6.29. The van der Waals surface area contributed by atoms with Crippen molar-refractivity contribution in [2.45, 2.75) is 0 Å². The number of nitrogens with zero attached hydrogens (tertiary/aromatic N) is 4. The van der Waals surface area contributed by atoms with Crippen LogP contribution in [0.2, 0.25) is 0 Å². The quantitative estimate of drug-likeness (QED) is 0.169. The van der Waals surface area contributed by atoms with Gasteiger partial charge in [-0.1, -0.05) is 158 Å². The summed E-state index contributed by atoms with van der Waals surface area (Å²) >= 11 is 0. The lowest BCUT2D eigenvalue weighted by atomic mass is 10.0. The lowest BCUT2D eigenvalue weighted by Crippen LogP contribution is -1.96. The Morgan fingerprint density at radius 2 is 0.800 bits per heavy atom. The van der Waals surface area contributed by atoms with E-state index in [1.807, 2.05) is 24.3 Å². The average Bonchev–Trinajstić information content (AvgIpc) is 3.85. The first-order valence-corrected chi connectivity index (χ1v) is 20.4. The number of rotatable bonds is 6. The Morgan fingerprint density at radius 3 is 1.45 bits per heavy atom. The molecule has 12 aromatic rings. The van der Waals surface area contributed by atoms with Crippen LogP contribution >= 0.6 is 0 Å². The summed E-state index contributed by atoms with van der Waals surface area (Å²) in [7, 11) is 0. The Hall–Kier alpha value is -8.08. The third-order valence-corrected chi connectivity index (χ3v) is 11.9. The minimum absolute atomic E-state index is 0.711. The van der Waals surface area contributed by atoms with Crippen LogP contribution in [0.3, 0.4) is 0 Å². The van der Waals surface area contributed by atoms with Gasteiger partial charge in [-0.25, -0.2) is 9.97 Å². The summed E-state index contributed by atoms with van der Waals surface area (Å²) in [6.45, 7) is 0. The highest BCUT2D eigenvalue weighted by Gasteiger charge is 2.21. The van der Waals surface area contributed by atoms with Gasteiger partial charge in [0, 0.05) is 49.6 Å². The minimum atomic E-state index is 0.711. The van der Waals surface area contributed by atoms with Gasteiger partial charge >= 0.3 is 0 Å². The van der Waals surface area contributed by atoms with Crippen LogP contribution < -0.4 is 0 Å². The molecule has 0 fully saturated rings. The largest absolute Gasteiger partial charge is 0.309 e. The van der Waals surface area contributed by atoms with Crippen molar-refractivity contribution < 1.29 is 0 Å². The van der Waals surface area contributed by atoms with Crippen molar-refractivity contribution in [3.8, 4) is 56.4 Å². The van der Waals surface area contributed by atoms with Gasteiger partial charge in [-0.05, 0) is 82.6 Å². The fourth-order valence-corrected chi connectivity index (χ4v) is 9.13. The van der Waals surface area contributed by atoms with Crippen LogP contribution in [0, 0.1) is 0 Å². The van der Waals surface area contributed by atoms with Crippen molar-refractivity contribution in [1.82, 2.24) is 19.1 Å². The Labute approximate surface area is 346 Å². The highest BCUT2D eigenvalue weighted by atomic mass is 15.0. The Kier molecular flexibility index (Phi) is 7.82. The van der Waals surface area contributed by atoms with Crippen LogP contribution in [0.15, 0.2) is 218 Å². The second-order valence-corrected chi connectivity index (χ2v) is 15.4. The van der Waals surface area contributed by atoms with Crippen molar-refractivity contribution in [2.75, 3.05) is 0 Å². The van der Waals surface area contributed by atoms with E-state index >= 15 is 0 Å². The maximum Gasteiger partial charge on any atom is 0.160 e. The monoisotopic (exact) mass is 764 g/mol. The summed E-state index contributed by atoms with van der Waals surface area (Å²) in [4.78, 5) is 10.2. The molecule has 0 aliphatic carbocycles. The van der Waals surface area contributed by atoms with Crippen LogP contribution in [0.5, 0.6) is 0 Å². The van der Waals surface area contributed by atoms with Gasteiger partial charge in [0.05, 0.1) is 33.5 Å². The Bertz CT molecular complexity index is 3530. The molecule has 9 aromatic carbocycles. The van der Waals surface area contributed by atoms with Gasteiger partial charge in [0.25, 0.3) is 0 Å². The highest BCUT2D eigenvalue weighted by Crippen LogP contribution is 2.43. The van der Waals surface area contributed by atoms with E-state index in [-0.39, 0.29) is 0 Å². The summed E-state index contributed by atoms with van der Waals surface area (Å²) in [6, 6.07) is 78.0. The second-order valence-electron chi connectivity index (χ2n) is 15.4. The van der Waals surface area contributed by atoms with E-state index in [0.29, 0.717) is 5.82 Å². The van der Waals surface area contributed by atoms with Crippen LogP contribution in [-0.2, 0) is 0 Å². The Morgan fingerprint density at radius 1 is 0.283 bits per heavy atom. The predicted octanol–water partition coefficient (Wildman–Crippen LogP) is 14.5. The third-order valence-electron chi connectivity index (χ3n) is 11.9. The molecule has 4 nitrogen and oxygen atoms in total. The molecule has 0 saturated heterocycles. The van der Waals surface area contributed by atoms with Gasteiger partial charge in [0.1, 0.15) is 0 Å². The smallest absolute Gasteiger partial charge is 0.160 e. The van der Waals surface area contributed by atoms with Gasteiger partial charge in [0.2, 0.25) is 0 Å². The molecule has 0 atom stereocenters. The Balaban J connectivity index is 1.04. The van der Waals surface area contributed by atoms with Crippen molar-refractivity contribution in [3.63, 3.8) is 0 Å². The molecule has 0 saturated carbocycles. The maximum absolute atomic E-state index is 5.14. The van der Waals surface area contributed by atoms with E-state index in [9.17, 15) is 0 Å². The number of hydrogen-bond acceptors (Lipinski definition) is 2. The molecule has 0 bridgehead atoms. The van der Waals surface area contributed by atoms with E-state index < -0.39 is 0 Å². The standard InChI is InChI=1S/C56H36N4/c1-4-15-37(16-5-1)41-21-14-22-44(34-41)59-50-25-12-10-23-46(50)54-52(59)31-32-53-55(54)47-24-11-13-26-51(47)60(53)45-30-29-38-27-28-42(33-43(38)35-45)49-36-48(39-17-6-2-7-18-39)57-56(58-49)40-19-8-3-9-20-40/h1-36H. The summed E-state index contributed by atoms with van der Waals surface area (Å²) < 4.78 is 4.86. The third kappa shape index (κ3) is 5.53. The first kappa shape index (κ1) is 34.0. The molecule has 0 radical (unpaired) electrons. The van der Waals surface area contributed by atoms with Crippen molar-refractivity contribution in [1.29, 1.82) is 0 Å². The van der Waals surface area contributed by atoms with E-state index in [1.165, 1.54) is 60.1 Å². The molecule has 0 aliphatic heterocycles. The number of benzene rings is 9. The zero-order valence-corrected chi connectivity index (χ0v) is 32.6. The van der Waals surface area contributed by atoms with Crippen molar-refractivity contribution in [2.24, 2.45) is 0 Å². The number of hydrogen-bond donors (Lipinski definition) is 0. The van der Waals surface area contributed by atoms with Crippen molar-refractivity contribution in [3.05, 3.63) is 218 Å². The molecule has 0 unspecified atom stereocenters. The molecule has 0 amide bonds. The van der Waals surface area contributed by atoms with E-state index in [4.69, 9.17) is 9.97 Å². The zero-order valence-electron chi connectivity index (χ0n) is 32.6. The lowest BCUT2D eigenvalue weighted by molar-refractivity contribution is 1.17. The van der Waals surface area contributed by atoms with Gasteiger partial charge in [0.15, 0.2) is 5.82 Å². The molecule has 0 spiro atoms. The van der Waals surface area contributed by atoms with Crippen LogP contribution in [0.4, 0.5) is 0 Å². The first-order chi connectivity index (χ1) is 29.7. The normalized spacial score (nSPS) is 11.7. The van der Waals surface area contributed by atoms with Gasteiger partial charge < -0.3 is 9.13 Å². The van der Waals surface area contributed by atoms with E-state index in [0.717, 1.165) is 44.8 Å². The molecule has 280 valence electrons. The molecule has 3 heterocycles. The van der Waals surface area contributed by atoms with E-state index in [2.05, 4.69) is 203 Å². The number of para-hydroxylation sites is 2. The SMILES string of the molecule is c1ccc(-c2cccc(-n3c4ccccc4c4c5c6ccccc6n(-c6ccc7ccc(-c8cc(-c9ccccc9)nc(-c9ccccc9)n8)cc7c6)c5ccc43)c2)cc1. The molecule has 0 aliphatic rings. The minimum Gasteiger partial charge on any atom is -0.309 e. The van der Waals surface area contributed by atoms with Crippen molar-refractivity contribution >= 4 is 54.4 Å². The summed E-state index contributed by atoms with van der Waals surface area (Å²) in [5.74, 6) is 0.711. The average molecular weight is 765 g/mol. The number of fused-ring (bicyclic) bond motifs is 8. The molecule has 12 rings (SSSR count). The maximum atomic E-state index is 5.14. The number of aromatic nitrogens is 4. The predicted molar refractivity (Wildman–Crippen MR) is 250 cm³/mol. The lowest BCUT2D eigenvalue weighted by Gasteiger charge is -2.12. The summed E-state index contributed by atoms with van der Waals surface area (Å²) in [6.07, 6.45) is 0.